The van der Waals surface area contributed by atoms with Gasteiger partial charge in [0.05, 0.1) is 21.6 Å². The summed E-state index contributed by atoms with van der Waals surface area (Å²) in [5.41, 5.74) is 5.50. The van der Waals surface area contributed by atoms with Crippen LogP contribution in [0.3, 0.4) is 0 Å². The molecule has 0 amide bonds. The first-order chi connectivity index (χ1) is 12.9. The molecule has 2 aromatic carbocycles. The van der Waals surface area contributed by atoms with Gasteiger partial charge in [0.25, 0.3) is 0 Å². The number of aryl methyl sites for hydroxylation is 3. The second-order valence-corrected chi connectivity index (χ2v) is 7.90. The number of Topliss-reactive ketones (excluding diaryl/α,β-unsaturated/α-hetero) is 1. The lowest BCUT2D eigenvalue weighted by molar-refractivity contribution is -0.144. The summed E-state index contributed by atoms with van der Waals surface area (Å²) < 4.78 is 6.62. The monoisotopic (exact) mass is 381 g/mol. The highest BCUT2D eigenvalue weighted by molar-refractivity contribution is 7.18. The average Bonchev–Trinajstić information content (AvgIpc) is 3.02. The Bertz CT molecular complexity index is 987. The molecule has 0 aliphatic heterocycles. The van der Waals surface area contributed by atoms with Crippen molar-refractivity contribution in [3.05, 3.63) is 63.2 Å². The number of ketones is 1. The fourth-order valence-electron chi connectivity index (χ4n) is 3.45. The molecule has 140 valence electrons. The van der Waals surface area contributed by atoms with E-state index in [9.17, 15) is 9.59 Å². The van der Waals surface area contributed by atoms with Gasteiger partial charge in [0, 0.05) is 12.0 Å². The highest BCUT2D eigenvalue weighted by Gasteiger charge is 2.16. The number of esters is 1. The minimum Gasteiger partial charge on any atom is -0.461 e. The van der Waals surface area contributed by atoms with E-state index in [0.29, 0.717) is 12.8 Å². The highest BCUT2D eigenvalue weighted by Crippen LogP contribution is 2.25. The molecule has 0 saturated heterocycles. The van der Waals surface area contributed by atoms with Gasteiger partial charge in [0.15, 0.2) is 5.78 Å². The summed E-state index contributed by atoms with van der Waals surface area (Å²) in [5, 5.41) is 0.940. The molecule has 3 aromatic rings. The number of aromatic nitrogens is 1. The predicted octanol–water partition coefficient (Wildman–Crippen LogP) is 5.10. The summed E-state index contributed by atoms with van der Waals surface area (Å²) in [6.07, 6.45) is 0.867. The minimum absolute atomic E-state index is 0.0356. The van der Waals surface area contributed by atoms with E-state index in [1.807, 2.05) is 51.1 Å². The molecule has 0 radical (unpaired) electrons. The van der Waals surface area contributed by atoms with Crippen molar-refractivity contribution in [1.82, 2.24) is 4.98 Å². The summed E-state index contributed by atoms with van der Waals surface area (Å²) >= 11 is 1.61. The maximum Gasteiger partial charge on any atom is 0.306 e. The van der Waals surface area contributed by atoms with Crippen LogP contribution in [-0.4, -0.2) is 16.7 Å². The fourth-order valence-corrected chi connectivity index (χ4v) is 4.42. The van der Waals surface area contributed by atoms with Gasteiger partial charge in [-0.05, 0) is 62.1 Å². The lowest BCUT2D eigenvalue weighted by Gasteiger charge is -2.16. The lowest BCUT2D eigenvalue weighted by Crippen LogP contribution is -2.10. The van der Waals surface area contributed by atoms with Gasteiger partial charge in [-0.2, -0.15) is 0 Å². The van der Waals surface area contributed by atoms with Crippen LogP contribution in [0, 0.1) is 20.8 Å². The highest BCUT2D eigenvalue weighted by atomic mass is 32.1. The fraction of sp³-hybridized carbons (Fsp3) is 0.318. The van der Waals surface area contributed by atoms with E-state index in [2.05, 4.69) is 4.98 Å². The van der Waals surface area contributed by atoms with Crippen molar-refractivity contribution in [1.29, 1.82) is 0 Å². The SMILES string of the molecule is CC(=O)c1c(C)cc(C)c(COC(=O)CCc2nc3ccccc3s2)c1C. The number of carbonyl (C=O) groups is 2. The number of rotatable bonds is 6. The molecule has 0 N–H and O–H groups in total. The van der Waals surface area contributed by atoms with Crippen LogP contribution in [-0.2, 0) is 22.6 Å². The van der Waals surface area contributed by atoms with E-state index in [0.717, 1.165) is 43.0 Å². The summed E-state index contributed by atoms with van der Waals surface area (Å²) in [6.45, 7) is 7.59. The van der Waals surface area contributed by atoms with E-state index >= 15 is 0 Å². The van der Waals surface area contributed by atoms with Gasteiger partial charge >= 0.3 is 5.97 Å². The van der Waals surface area contributed by atoms with Crippen LogP contribution < -0.4 is 0 Å². The van der Waals surface area contributed by atoms with Gasteiger partial charge in [0.2, 0.25) is 0 Å². The van der Waals surface area contributed by atoms with Crippen LogP contribution in [0.2, 0.25) is 0 Å². The van der Waals surface area contributed by atoms with Gasteiger partial charge in [-0.3, -0.25) is 9.59 Å². The molecule has 3 rings (SSSR count). The Balaban J connectivity index is 1.64. The molecule has 0 aliphatic rings. The van der Waals surface area contributed by atoms with Crippen LogP contribution in [0.4, 0.5) is 0 Å². The topological polar surface area (TPSA) is 56.3 Å². The molecule has 4 nitrogen and oxygen atoms in total. The van der Waals surface area contributed by atoms with Crippen LogP contribution >= 0.6 is 11.3 Å². The Morgan fingerprint density at radius 1 is 1.11 bits per heavy atom. The number of thiazole rings is 1. The van der Waals surface area contributed by atoms with E-state index in [4.69, 9.17) is 4.74 Å². The number of fused-ring (bicyclic) bond motifs is 1. The second kappa shape index (κ2) is 8.01. The molecule has 5 heteroatoms. The first kappa shape index (κ1) is 19.2. The molecule has 0 aliphatic carbocycles. The third kappa shape index (κ3) is 4.25. The van der Waals surface area contributed by atoms with Crippen molar-refractivity contribution in [2.45, 2.75) is 47.1 Å². The van der Waals surface area contributed by atoms with Gasteiger partial charge in [-0.1, -0.05) is 18.2 Å². The largest absolute Gasteiger partial charge is 0.461 e. The number of carbonyl (C=O) groups excluding carboxylic acids is 2. The maximum absolute atomic E-state index is 12.2. The Kier molecular flexibility index (Phi) is 5.71. The number of para-hydroxylation sites is 1. The van der Waals surface area contributed by atoms with Gasteiger partial charge in [0.1, 0.15) is 6.61 Å². The van der Waals surface area contributed by atoms with E-state index in [1.165, 1.54) is 0 Å². The summed E-state index contributed by atoms with van der Waals surface area (Å²) in [6, 6.07) is 9.93. The van der Waals surface area contributed by atoms with E-state index in [-0.39, 0.29) is 18.4 Å². The van der Waals surface area contributed by atoms with Crippen molar-refractivity contribution in [3.63, 3.8) is 0 Å². The normalized spacial score (nSPS) is 11.0. The minimum atomic E-state index is -0.252. The first-order valence-electron chi connectivity index (χ1n) is 8.97. The van der Waals surface area contributed by atoms with Crippen LogP contribution in [0.1, 0.15) is 51.0 Å². The van der Waals surface area contributed by atoms with Gasteiger partial charge < -0.3 is 4.74 Å². The smallest absolute Gasteiger partial charge is 0.306 e. The Morgan fingerprint density at radius 2 is 1.85 bits per heavy atom. The molecule has 1 aromatic heterocycles. The maximum atomic E-state index is 12.2. The molecule has 0 unspecified atom stereocenters. The molecule has 0 bridgehead atoms. The Labute approximate surface area is 163 Å². The summed E-state index contributed by atoms with van der Waals surface area (Å²) in [7, 11) is 0. The number of ether oxygens (including phenoxy) is 1. The molecule has 1 heterocycles. The first-order valence-corrected chi connectivity index (χ1v) is 9.79. The number of benzene rings is 2. The quantitative estimate of drug-likeness (QED) is 0.440. The number of hydrogen-bond donors (Lipinski definition) is 0. The van der Waals surface area contributed by atoms with E-state index < -0.39 is 0 Å². The molecular formula is C22H23NO3S. The Hall–Kier alpha value is -2.53. The predicted molar refractivity (Wildman–Crippen MR) is 108 cm³/mol. The third-order valence-electron chi connectivity index (χ3n) is 4.74. The van der Waals surface area contributed by atoms with Crippen molar-refractivity contribution in [2.75, 3.05) is 0 Å². The van der Waals surface area contributed by atoms with Crippen molar-refractivity contribution in [2.24, 2.45) is 0 Å². The summed E-state index contributed by atoms with van der Waals surface area (Å²) in [4.78, 5) is 28.7. The van der Waals surface area contributed by atoms with Crippen LogP contribution in [0.5, 0.6) is 0 Å². The summed E-state index contributed by atoms with van der Waals surface area (Å²) in [5.74, 6) is -0.216. The molecule has 0 spiro atoms. The zero-order chi connectivity index (χ0) is 19.6. The van der Waals surface area contributed by atoms with Crippen molar-refractivity contribution >= 4 is 33.3 Å². The van der Waals surface area contributed by atoms with E-state index in [1.54, 1.807) is 18.3 Å². The molecule has 0 fully saturated rings. The zero-order valence-corrected chi connectivity index (χ0v) is 16.9. The zero-order valence-electron chi connectivity index (χ0n) is 16.1. The third-order valence-corrected chi connectivity index (χ3v) is 5.84. The van der Waals surface area contributed by atoms with Gasteiger partial charge in [-0.15, -0.1) is 11.3 Å². The standard InChI is InChI=1S/C22H23NO3S/c1-13-11-14(2)22(16(4)24)15(3)17(13)12-26-21(25)10-9-20-23-18-7-5-6-8-19(18)27-20/h5-8,11H,9-10,12H2,1-4H3. The number of hydrogen-bond acceptors (Lipinski definition) is 5. The number of nitrogens with zero attached hydrogens (tertiary/aromatic N) is 1. The van der Waals surface area contributed by atoms with Crippen LogP contribution in [0.15, 0.2) is 30.3 Å². The second-order valence-electron chi connectivity index (χ2n) is 6.78. The molecule has 0 atom stereocenters. The Morgan fingerprint density at radius 3 is 2.56 bits per heavy atom. The molecule has 0 saturated carbocycles. The molecule has 27 heavy (non-hydrogen) atoms. The van der Waals surface area contributed by atoms with Gasteiger partial charge in [-0.25, -0.2) is 4.98 Å². The average molecular weight is 381 g/mol. The van der Waals surface area contributed by atoms with Crippen LogP contribution in [0.25, 0.3) is 10.2 Å². The molecular weight excluding hydrogens is 358 g/mol. The lowest BCUT2D eigenvalue weighted by atomic mass is 9.92. The van der Waals surface area contributed by atoms with Crippen molar-refractivity contribution in [3.8, 4) is 0 Å². The van der Waals surface area contributed by atoms with Crippen molar-refractivity contribution < 1.29 is 14.3 Å².